The van der Waals surface area contributed by atoms with Gasteiger partial charge in [0.2, 0.25) is 0 Å². The maximum absolute atomic E-state index is 5.15. The summed E-state index contributed by atoms with van der Waals surface area (Å²) in [5.74, 6) is 1.00. The molecule has 7 aromatic rings. The third kappa shape index (κ3) is 6.23. The normalized spacial score (nSPS) is 11.1. The summed E-state index contributed by atoms with van der Waals surface area (Å²) in [6, 6.07) is 58.0. The Balaban J connectivity index is 1.43. The Morgan fingerprint density at radius 1 is 0.311 bits per heavy atom. The third-order valence-electron chi connectivity index (χ3n) is 8.15. The van der Waals surface area contributed by atoms with Crippen LogP contribution in [-0.2, 0) is 0 Å². The smallest absolute Gasteiger partial charge is 0.132 e. The van der Waals surface area contributed by atoms with Gasteiger partial charge < -0.3 is 0 Å². The van der Waals surface area contributed by atoms with E-state index in [0.717, 1.165) is 50.6 Å². The first-order valence-corrected chi connectivity index (χ1v) is 15.5. The summed E-state index contributed by atoms with van der Waals surface area (Å²) in [4.78, 5) is 10.3. The van der Waals surface area contributed by atoms with Crippen LogP contribution in [0.25, 0.3) is 67.0 Å². The molecule has 7 rings (SSSR count). The first-order chi connectivity index (χ1) is 22.1. The fraction of sp³-hybridized carbons (Fsp3) is 0.0698. The van der Waals surface area contributed by atoms with Crippen molar-refractivity contribution in [3.63, 3.8) is 0 Å². The fourth-order valence-electron chi connectivity index (χ4n) is 5.76. The standard InChI is InChI=1S/C43H34N2/c1-30(2)43-44-41(39-25-35(31-15-7-3-8-16-31)23-36(26-39)32-17-9-4-10-18-32)29-42(45-43)40-27-37(33-19-11-5-12-20-33)24-38(28-40)34-21-13-6-14-22-34/h3-30H,1-2H3. The summed E-state index contributed by atoms with van der Waals surface area (Å²) in [6.07, 6.45) is 0. The number of hydrogen-bond acceptors (Lipinski definition) is 2. The lowest BCUT2D eigenvalue weighted by atomic mass is 9.93. The monoisotopic (exact) mass is 578 g/mol. The minimum absolute atomic E-state index is 0.167. The molecule has 0 aliphatic rings. The van der Waals surface area contributed by atoms with E-state index in [9.17, 15) is 0 Å². The zero-order valence-electron chi connectivity index (χ0n) is 25.6. The van der Waals surface area contributed by atoms with Crippen molar-refractivity contribution in [2.75, 3.05) is 0 Å². The van der Waals surface area contributed by atoms with Crippen LogP contribution in [0.2, 0.25) is 0 Å². The van der Waals surface area contributed by atoms with Crippen LogP contribution < -0.4 is 0 Å². The van der Waals surface area contributed by atoms with E-state index in [1.807, 2.05) is 0 Å². The van der Waals surface area contributed by atoms with Crippen LogP contribution in [0.4, 0.5) is 0 Å². The topological polar surface area (TPSA) is 25.8 Å². The summed E-state index contributed by atoms with van der Waals surface area (Å²) >= 11 is 0. The average molecular weight is 579 g/mol. The highest BCUT2D eigenvalue weighted by molar-refractivity contribution is 5.83. The van der Waals surface area contributed by atoms with Gasteiger partial charge in [-0.3, -0.25) is 0 Å². The lowest BCUT2D eigenvalue weighted by molar-refractivity contribution is 0.778. The second-order valence-electron chi connectivity index (χ2n) is 11.7. The molecule has 0 atom stereocenters. The van der Waals surface area contributed by atoms with E-state index < -0.39 is 0 Å². The summed E-state index contributed by atoms with van der Waals surface area (Å²) in [7, 11) is 0. The van der Waals surface area contributed by atoms with Crippen LogP contribution >= 0.6 is 0 Å². The molecule has 0 saturated carbocycles. The SMILES string of the molecule is CC(C)c1nc(-c2cc(-c3ccccc3)cc(-c3ccccc3)c2)cc(-c2cc(-c3ccccc3)cc(-c3ccccc3)c2)n1. The molecule has 0 saturated heterocycles. The van der Waals surface area contributed by atoms with Crippen molar-refractivity contribution in [2.45, 2.75) is 19.8 Å². The number of nitrogens with zero attached hydrogens (tertiary/aromatic N) is 2. The van der Waals surface area contributed by atoms with E-state index >= 15 is 0 Å². The van der Waals surface area contributed by atoms with Crippen LogP contribution in [-0.4, -0.2) is 9.97 Å². The molecule has 0 amide bonds. The van der Waals surface area contributed by atoms with Gasteiger partial charge in [-0.15, -0.1) is 0 Å². The molecule has 0 fully saturated rings. The van der Waals surface area contributed by atoms with Gasteiger partial charge in [-0.05, 0) is 87.0 Å². The van der Waals surface area contributed by atoms with Gasteiger partial charge in [0.1, 0.15) is 5.82 Å². The Hall–Kier alpha value is -5.60. The van der Waals surface area contributed by atoms with E-state index in [4.69, 9.17) is 9.97 Å². The Labute approximate surface area is 265 Å². The Kier molecular flexibility index (Phi) is 7.87. The molecule has 0 bridgehead atoms. The molecule has 0 spiro atoms. The van der Waals surface area contributed by atoms with E-state index in [1.165, 1.54) is 22.3 Å². The van der Waals surface area contributed by atoms with Gasteiger partial charge >= 0.3 is 0 Å². The molecule has 0 aliphatic carbocycles. The van der Waals surface area contributed by atoms with Gasteiger partial charge in [-0.25, -0.2) is 9.97 Å². The summed E-state index contributed by atoms with van der Waals surface area (Å²) in [6.45, 7) is 4.32. The quantitative estimate of drug-likeness (QED) is 0.188. The lowest BCUT2D eigenvalue weighted by Crippen LogP contribution is -2.02. The van der Waals surface area contributed by atoms with Crippen molar-refractivity contribution in [1.82, 2.24) is 9.97 Å². The summed E-state index contributed by atoms with van der Waals surface area (Å²) in [5, 5.41) is 0. The predicted octanol–water partition coefficient (Wildman–Crippen LogP) is 11.6. The second kappa shape index (κ2) is 12.6. The maximum atomic E-state index is 5.15. The molecule has 1 aromatic heterocycles. The van der Waals surface area contributed by atoms with Gasteiger partial charge in [-0.1, -0.05) is 135 Å². The highest BCUT2D eigenvalue weighted by Crippen LogP contribution is 2.36. The first kappa shape index (κ1) is 28.2. The van der Waals surface area contributed by atoms with Gasteiger partial charge in [0.25, 0.3) is 0 Å². The number of hydrogen-bond donors (Lipinski definition) is 0. The van der Waals surface area contributed by atoms with Gasteiger partial charge in [-0.2, -0.15) is 0 Å². The maximum Gasteiger partial charge on any atom is 0.132 e. The zero-order valence-corrected chi connectivity index (χ0v) is 25.6. The molecule has 45 heavy (non-hydrogen) atoms. The van der Waals surface area contributed by atoms with E-state index in [2.05, 4.69) is 178 Å². The Morgan fingerprint density at radius 3 is 0.844 bits per heavy atom. The highest BCUT2D eigenvalue weighted by atomic mass is 14.9. The minimum Gasteiger partial charge on any atom is -0.233 e. The largest absolute Gasteiger partial charge is 0.233 e. The third-order valence-corrected chi connectivity index (χ3v) is 8.15. The molecular weight excluding hydrogens is 544 g/mol. The van der Waals surface area contributed by atoms with Gasteiger partial charge in [0.15, 0.2) is 0 Å². The van der Waals surface area contributed by atoms with Crippen molar-refractivity contribution < 1.29 is 0 Å². The van der Waals surface area contributed by atoms with Crippen molar-refractivity contribution in [3.8, 4) is 67.0 Å². The molecule has 6 aromatic carbocycles. The van der Waals surface area contributed by atoms with Crippen molar-refractivity contribution in [1.29, 1.82) is 0 Å². The van der Waals surface area contributed by atoms with Crippen LogP contribution in [0.1, 0.15) is 25.6 Å². The van der Waals surface area contributed by atoms with E-state index in [-0.39, 0.29) is 5.92 Å². The predicted molar refractivity (Wildman–Crippen MR) is 189 cm³/mol. The number of aromatic nitrogens is 2. The molecule has 216 valence electrons. The zero-order chi connectivity index (χ0) is 30.6. The van der Waals surface area contributed by atoms with E-state index in [1.54, 1.807) is 0 Å². The molecule has 1 heterocycles. The first-order valence-electron chi connectivity index (χ1n) is 15.5. The average Bonchev–Trinajstić information content (AvgIpc) is 3.12. The number of rotatable bonds is 7. The lowest BCUT2D eigenvalue weighted by Gasteiger charge is -2.15. The van der Waals surface area contributed by atoms with Crippen molar-refractivity contribution in [2.24, 2.45) is 0 Å². The molecule has 0 unspecified atom stereocenters. The minimum atomic E-state index is 0.167. The molecule has 0 N–H and O–H groups in total. The molecular formula is C43H34N2. The Bertz CT molecular complexity index is 1790. The van der Waals surface area contributed by atoms with Crippen molar-refractivity contribution >= 4 is 0 Å². The van der Waals surface area contributed by atoms with Crippen molar-refractivity contribution in [3.05, 3.63) is 170 Å². The molecule has 0 radical (unpaired) electrons. The van der Waals surface area contributed by atoms with Crippen LogP contribution in [0.5, 0.6) is 0 Å². The highest BCUT2D eigenvalue weighted by Gasteiger charge is 2.15. The second-order valence-corrected chi connectivity index (χ2v) is 11.7. The van der Waals surface area contributed by atoms with Crippen LogP contribution in [0, 0.1) is 0 Å². The number of benzene rings is 6. The van der Waals surface area contributed by atoms with Crippen LogP contribution in [0.3, 0.4) is 0 Å². The Morgan fingerprint density at radius 2 is 0.578 bits per heavy atom. The molecule has 2 nitrogen and oxygen atoms in total. The summed E-state index contributed by atoms with van der Waals surface area (Å²) < 4.78 is 0. The van der Waals surface area contributed by atoms with Gasteiger partial charge in [0.05, 0.1) is 11.4 Å². The van der Waals surface area contributed by atoms with Crippen LogP contribution in [0.15, 0.2) is 164 Å². The summed E-state index contributed by atoms with van der Waals surface area (Å²) in [5.41, 5.74) is 13.4. The van der Waals surface area contributed by atoms with E-state index in [0.29, 0.717) is 0 Å². The molecule has 0 aliphatic heterocycles. The molecule has 2 heteroatoms. The fourth-order valence-corrected chi connectivity index (χ4v) is 5.76. The van der Waals surface area contributed by atoms with Gasteiger partial charge in [0, 0.05) is 17.0 Å².